The van der Waals surface area contributed by atoms with Crippen molar-refractivity contribution in [2.45, 2.75) is 76.9 Å². The van der Waals surface area contributed by atoms with E-state index in [0.29, 0.717) is 13.0 Å². The average molecular weight is 333 g/mol. The van der Waals surface area contributed by atoms with Gasteiger partial charge in [-0.05, 0) is 6.42 Å². The first-order chi connectivity index (χ1) is 11.1. The van der Waals surface area contributed by atoms with Crippen LogP contribution in [-0.2, 0) is 9.53 Å². The highest BCUT2D eigenvalue weighted by molar-refractivity contribution is 5.72. The van der Waals surface area contributed by atoms with Crippen LogP contribution >= 0.6 is 0 Å². The highest BCUT2D eigenvalue weighted by Gasteiger charge is 2.19. The Morgan fingerprint density at radius 2 is 1.70 bits per heavy atom. The van der Waals surface area contributed by atoms with Gasteiger partial charge in [0.1, 0.15) is 0 Å². The molecule has 0 aliphatic heterocycles. The van der Waals surface area contributed by atoms with Crippen molar-refractivity contribution in [1.82, 2.24) is 5.32 Å². The molecular formula is C17H35NO5. The molecule has 0 bridgehead atoms. The van der Waals surface area contributed by atoms with E-state index >= 15 is 0 Å². The van der Waals surface area contributed by atoms with E-state index in [0.717, 1.165) is 19.3 Å². The molecule has 0 aliphatic rings. The fourth-order valence-electron chi connectivity index (χ4n) is 2.38. The van der Waals surface area contributed by atoms with Gasteiger partial charge < -0.3 is 25.4 Å². The Morgan fingerprint density at radius 1 is 1.09 bits per heavy atom. The van der Waals surface area contributed by atoms with Gasteiger partial charge in [0.05, 0.1) is 19.3 Å². The SMILES string of the molecule is CCCCCCCCCCC(OCC(O)CNCCO)C(=O)O. The molecule has 2 unspecified atom stereocenters. The number of hydrogen-bond donors (Lipinski definition) is 4. The summed E-state index contributed by atoms with van der Waals surface area (Å²) in [5, 5.41) is 30.3. The average Bonchev–Trinajstić information content (AvgIpc) is 2.52. The number of nitrogens with one attached hydrogen (secondary N) is 1. The van der Waals surface area contributed by atoms with Crippen molar-refractivity contribution in [2.24, 2.45) is 0 Å². The second-order valence-corrected chi connectivity index (χ2v) is 6.01. The van der Waals surface area contributed by atoms with Crippen molar-refractivity contribution >= 4 is 5.97 Å². The molecule has 0 fully saturated rings. The van der Waals surface area contributed by atoms with Gasteiger partial charge in [0.25, 0.3) is 0 Å². The quantitative estimate of drug-likeness (QED) is 0.304. The summed E-state index contributed by atoms with van der Waals surface area (Å²) in [6.45, 7) is 2.88. The number of unbranched alkanes of at least 4 members (excludes halogenated alkanes) is 7. The molecule has 4 N–H and O–H groups in total. The summed E-state index contributed by atoms with van der Waals surface area (Å²) in [5.41, 5.74) is 0. The van der Waals surface area contributed by atoms with Gasteiger partial charge in [0.15, 0.2) is 6.10 Å². The number of hydrogen-bond acceptors (Lipinski definition) is 5. The predicted octanol–water partition coefficient (Wildman–Crippen LogP) is 1.93. The second-order valence-electron chi connectivity index (χ2n) is 6.01. The maximum Gasteiger partial charge on any atom is 0.332 e. The Balaban J connectivity index is 3.68. The third kappa shape index (κ3) is 14.6. The third-order valence-electron chi connectivity index (χ3n) is 3.75. The Labute approximate surface area is 140 Å². The third-order valence-corrected chi connectivity index (χ3v) is 3.75. The molecule has 2 atom stereocenters. The first-order valence-corrected chi connectivity index (χ1v) is 8.95. The first-order valence-electron chi connectivity index (χ1n) is 8.95. The topological polar surface area (TPSA) is 99.0 Å². The number of rotatable bonds is 17. The summed E-state index contributed by atoms with van der Waals surface area (Å²) < 4.78 is 5.30. The molecule has 0 radical (unpaired) electrons. The highest BCUT2D eigenvalue weighted by atomic mass is 16.5. The van der Waals surface area contributed by atoms with Gasteiger partial charge >= 0.3 is 5.97 Å². The summed E-state index contributed by atoms with van der Waals surface area (Å²) in [7, 11) is 0. The number of carbonyl (C=O) groups is 1. The Bertz CT molecular complexity index is 276. The van der Waals surface area contributed by atoms with Crippen LogP contribution in [0.15, 0.2) is 0 Å². The number of aliphatic carboxylic acids is 1. The largest absolute Gasteiger partial charge is 0.479 e. The standard InChI is InChI=1S/C17H35NO5/c1-2-3-4-5-6-7-8-9-10-16(17(21)22)23-14-15(20)13-18-11-12-19/h15-16,18-20H,2-14H2,1H3,(H,21,22). The minimum atomic E-state index is -0.969. The number of carboxylic acids is 1. The molecule has 6 nitrogen and oxygen atoms in total. The predicted molar refractivity (Wildman–Crippen MR) is 90.6 cm³/mol. The van der Waals surface area contributed by atoms with E-state index in [1.165, 1.54) is 32.1 Å². The molecule has 0 heterocycles. The van der Waals surface area contributed by atoms with Crippen molar-refractivity contribution in [3.8, 4) is 0 Å². The number of carboxylic acid groups (broad SMARTS) is 1. The van der Waals surface area contributed by atoms with Crippen LogP contribution in [0, 0.1) is 0 Å². The van der Waals surface area contributed by atoms with Crippen molar-refractivity contribution in [1.29, 1.82) is 0 Å². The van der Waals surface area contributed by atoms with E-state index in [1.807, 2.05) is 0 Å². The van der Waals surface area contributed by atoms with Crippen molar-refractivity contribution in [2.75, 3.05) is 26.3 Å². The molecule has 0 amide bonds. The molecule has 6 heteroatoms. The zero-order valence-electron chi connectivity index (χ0n) is 14.5. The molecule has 0 aromatic carbocycles. The van der Waals surface area contributed by atoms with E-state index in [9.17, 15) is 9.90 Å². The second kappa shape index (κ2) is 16.2. The van der Waals surface area contributed by atoms with E-state index < -0.39 is 18.2 Å². The van der Waals surface area contributed by atoms with E-state index in [2.05, 4.69) is 12.2 Å². The zero-order chi connectivity index (χ0) is 17.3. The van der Waals surface area contributed by atoms with Gasteiger partial charge in [-0.2, -0.15) is 0 Å². The highest BCUT2D eigenvalue weighted by Crippen LogP contribution is 2.12. The van der Waals surface area contributed by atoms with E-state index in [4.69, 9.17) is 14.9 Å². The molecule has 0 aliphatic carbocycles. The van der Waals surface area contributed by atoms with Crippen molar-refractivity contribution in [3.05, 3.63) is 0 Å². The molecule has 0 aromatic rings. The maximum atomic E-state index is 11.2. The molecular weight excluding hydrogens is 298 g/mol. The van der Waals surface area contributed by atoms with E-state index in [1.54, 1.807) is 0 Å². The van der Waals surface area contributed by atoms with Crippen LogP contribution in [0.4, 0.5) is 0 Å². The van der Waals surface area contributed by atoms with Crippen LogP contribution in [0.25, 0.3) is 0 Å². The van der Waals surface area contributed by atoms with Crippen LogP contribution in [0.3, 0.4) is 0 Å². The van der Waals surface area contributed by atoms with Crippen molar-refractivity contribution < 1.29 is 24.9 Å². The summed E-state index contributed by atoms with van der Waals surface area (Å²) in [6, 6.07) is 0. The van der Waals surface area contributed by atoms with Crippen molar-refractivity contribution in [3.63, 3.8) is 0 Å². The summed E-state index contributed by atoms with van der Waals surface area (Å²) in [5.74, 6) is -0.969. The molecule has 138 valence electrons. The van der Waals surface area contributed by atoms with Crippen LogP contribution in [0.1, 0.15) is 64.7 Å². The number of aliphatic hydroxyl groups excluding tert-OH is 2. The van der Waals surface area contributed by atoms with Gasteiger partial charge in [0, 0.05) is 13.1 Å². The molecule has 0 spiro atoms. The van der Waals surface area contributed by atoms with Crippen LogP contribution in [0.5, 0.6) is 0 Å². The Morgan fingerprint density at radius 3 is 2.26 bits per heavy atom. The lowest BCUT2D eigenvalue weighted by molar-refractivity contribution is -0.152. The minimum absolute atomic E-state index is 0.00374. The van der Waals surface area contributed by atoms with Gasteiger partial charge in [-0.15, -0.1) is 0 Å². The molecule has 0 saturated heterocycles. The molecule has 0 rings (SSSR count). The molecule has 0 saturated carbocycles. The number of ether oxygens (including phenoxy) is 1. The van der Waals surface area contributed by atoms with Gasteiger partial charge in [-0.1, -0.05) is 58.3 Å². The van der Waals surface area contributed by atoms with Crippen LogP contribution < -0.4 is 5.32 Å². The first kappa shape index (κ1) is 22.3. The maximum absolute atomic E-state index is 11.2. The number of aliphatic hydroxyl groups is 2. The fourth-order valence-corrected chi connectivity index (χ4v) is 2.38. The summed E-state index contributed by atoms with van der Waals surface area (Å²) in [4.78, 5) is 11.2. The Kier molecular flexibility index (Phi) is 15.7. The normalized spacial score (nSPS) is 13.9. The zero-order valence-corrected chi connectivity index (χ0v) is 14.5. The summed E-state index contributed by atoms with van der Waals surface area (Å²) >= 11 is 0. The molecule has 23 heavy (non-hydrogen) atoms. The minimum Gasteiger partial charge on any atom is -0.479 e. The fraction of sp³-hybridized carbons (Fsp3) is 0.941. The van der Waals surface area contributed by atoms with Gasteiger partial charge in [-0.3, -0.25) is 0 Å². The lowest BCUT2D eigenvalue weighted by atomic mass is 10.1. The molecule has 0 aromatic heterocycles. The smallest absolute Gasteiger partial charge is 0.332 e. The van der Waals surface area contributed by atoms with Crippen LogP contribution in [-0.4, -0.2) is 59.8 Å². The van der Waals surface area contributed by atoms with E-state index in [-0.39, 0.29) is 19.8 Å². The van der Waals surface area contributed by atoms with Gasteiger partial charge in [-0.25, -0.2) is 4.79 Å². The van der Waals surface area contributed by atoms with Gasteiger partial charge in [0.2, 0.25) is 0 Å². The monoisotopic (exact) mass is 333 g/mol. The summed E-state index contributed by atoms with van der Waals surface area (Å²) in [6.07, 6.45) is 8.20. The lowest BCUT2D eigenvalue weighted by Crippen LogP contribution is -2.35. The van der Waals surface area contributed by atoms with Crippen LogP contribution in [0.2, 0.25) is 0 Å². The lowest BCUT2D eigenvalue weighted by Gasteiger charge is -2.17. The Hall–Kier alpha value is -0.690.